The van der Waals surface area contributed by atoms with Crippen LogP contribution < -0.4 is 0 Å². The van der Waals surface area contributed by atoms with Gasteiger partial charge in [-0.05, 0) is 19.8 Å². The van der Waals surface area contributed by atoms with E-state index in [0.29, 0.717) is 24.3 Å². The quantitative estimate of drug-likeness (QED) is 0.753. The zero-order valence-corrected chi connectivity index (χ0v) is 11.2. The van der Waals surface area contributed by atoms with Crippen molar-refractivity contribution in [3.05, 3.63) is 0 Å². The monoisotopic (exact) mass is 239 g/mol. The topological polar surface area (TPSA) is 29.5 Å². The molecule has 1 atom stereocenters. The second-order valence-corrected chi connectivity index (χ2v) is 5.77. The van der Waals surface area contributed by atoms with Gasteiger partial charge in [-0.15, -0.1) is 0 Å². The second kappa shape index (κ2) is 5.96. The van der Waals surface area contributed by atoms with Gasteiger partial charge in [0.05, 0.1) is 6.61 Å². The Kier molecular flexibility index (Phi) is 4.57. The molecule has 3 nitrogen and oxygen atoms in total. The Morgan fingerprint density at radius 3 is 2.71 bits per heavy atom. The van der Waals surface area contributed by atoms with E-state index in [9.17, 15) is 4.79 Å². The number of morpholine rings is 1. The molecule has 1 saturated carbocycles. The van der Waals surface area contributed by atoms with Crippen LogP contribution in [0.15, 0.2) is 0 Å². The summed E-state index contributed by atoms with van der Waals surface area (Å²) in [6, 6.07) is 0.515. The molecule has 0 radical (unpaired) electrons. The first-order chi connectivity index (χ1) is 8.16. The average Bonchev–Trinajstić information content (AvgIpc) is 2.82. The first kappa shape index (κ1) is 13.0. The molecular formula is C14H25NO2. The van der Waals surface area contributed by atoms with Crippen LogP contribution in [0.25, 0.3) is 0 Å². The maximum atomic E-state index is 12.2. The lowest BCUT2D eigenvalue weighted by molar-refractivity contribution is -0.138. The molecule has 2 rings (SSSR count). The van der Waals surface area contributed by atoms with E-state index in [1.165, 1.54) is 25.7 Å². The Labute approximate surface area is 105 Å². The molecule has 98 valence electrons. The number of nitrogens with zero attached hydrogens (tertiary/aromatic N) is 1. The number of hydrogen-bond donors (Lipinski definition) is 0. The summed E-state index contributed by atoms with van der Waals surface area (Å²) < 4.78 is 5.64. The summed E-state index contributed by atoms with van der Waals surface area (Å²) >= 11 is 0. The highest BCUT2D eigenvalue weighted by atomic mass is 16.5. The SMILES string of the molecule is CC(C)N1CCOC(C(=O)CC2CCCC2)C1. The van der Waals surface area contributed by atoms with Crippen molar-refractivity contribution in [2.75, 3.05) is 19.7 Å². The number of ether oxygens (including phenoxy) is 1. The highest BCUT2D eigenvalue weighted by Gasteiger charge is 2.29. The third-order valence-corrected chi connectivity index (χ3v) is 4.15. The Balaban J connectivity index is 1.81. The summed E-state index contributed by atoms with van der Waals surface area (Å²) in [4.78, 5) is 14.5. The van der Waals surface area contributed by atoms with Crippen molar-refractivity contribution < 1.29 is 9.53 Å². The molecule has 2 fully saturated rings. The summed E-state index contributed by atoms with van der Waals surface area (Å²) in [6.07, 6.45) is 5.69. The zero-order chi connectivity index (χ0) is 12.3. The maximum Gasteiger partial charge on any atom is 0.163 e. The van der Waals surface area contributed by atoms with Crippen LogP contribution in [-0.4, -0.2) is 42.5 Å². The predicted molar refractivity (Wildman–Crippen MR) is 68.0 cm³/mol. The molecule has 2 aliphatic rings. The van der Waals surface area contributed by atoms with Gasteiger partial charge in [-0.25, -0.2) is 0 Å². The number of ketones is 1. The van der Waals surface area contributed by atoms with Crippen LogP contribution in [0.3, 0.4) is 0 Å². The van der Waals surface area contributed by atoms with Crippen LogP contribution in [0.5, 0.6) is 0 Å². The highest BCUT2D eigenvalue weighted by Crippen LogP contribution is 2.28. The number of Topliss-reactive ketones (excluding diaryl/α,β-unsaturated/α-hetero) is 1. The van der Waals surface area contributed by atoms with E-state index in [0.717, 1.165) is 19.5 Å². The van der Waals surface area contributed by atoms with Crippen LogP contribution in [0, 0.1) is 5.92 Å². The van der Waals surface area contributed by atoms with Crippen molar-refractivity contribution in [2.45, 2.75) is 58.1 Å². The molecule has 17 heavy (non-hydrogen) atoms. The fraction of sp³-hybridized carbons (Fsp3) is 0.929. The van der Waals surface area contributed by atoms with Crippen LogP contribution in [-0.2, 0) is 9.53 Å². The number of rotatable bonds is 4. The molecule has 3 heteroatoms. The zero-order valence-electron chi connectivity index (χ0n) is 11.2. The highest BCUT2D eigenvalue weighted by molar-refractivity contribution is 5.83. The van der Waals surface area contributed by atoms with Crippen molar-refractivity contribution in [3.8, 4) is 0 Å². The van der Waals surface area contributed by atoms with Gasteiger partial charge in [0, 0.05) is 25.6 Å². The van der Waals surface area contributed by atoms with Gasteiger partial charge in [-0.2, -0.15) is 0 Å². The Morgan fingerprint density at radius 2 is 2.06 bits per heavy atom. The molecule has 0 spiro atoms. The van der Waals surface area contributed by atoms with Gasteiger partial charge < -0.3 is 4.74 Å². The van der Waals surface area contributed by atoms with E-state index in [4.69, 9.17) is 4.74 Å². The largest absolute Gasteiger partial charge is 0.368 e. The van der Waals surface area contributed by atoms with Gasteiger partial charge in [0.2, 0.25) is 0 Å². The minimum atomic E-state index is -0.160. The Bertz CT molecular complexity index is 259. The van der Waals surface area contributed by atoms with Gasteiger partial charge in [0.15, 0.2) is 5.78 Å². The maximum absolute atomic E-state index is 12.2. The Morgan fingerprint density at radius 1 is 1.35 bits per heavy atom. The number of carbonyl (C=O) groups excluding carboxylic acids is 1. The molecule has 1 aliphatic carbocycles. The lowest BCUT2D eigenvalue weighted by Gasteiger charge is -2.35. The first-order valence-corrected chi connectivity index (χ1v) is 7.05. The van der Waals surface area contributed by atoms with E-state index < -0.39 is 0 Å². The minimum absolute atomic E-state index is 0.160. The van der Waals surface area contributed by atoms with E-state index >= 15 is 0 Å². The smallest absolute Gasteiger partial charge is 0.163 e. The lowest BCUT2D eigenvalue weighted by atomic mass is 9.97. The van der Waals surface area contributed by atoms with Crippen LogP contribution in [0.4, 0.5) is 0 Å². The molecule has 0 aromatic heterocycles. The molecule has 0 bridgehead atoms. The van der Waals surface area contributed by atoms with Gasteiger partial charge in [-0.1, -0.05) is 25.7 Å². The molecular weight excluding hydrogens is 214 g/mol. The normalized spacial score (nSPS) is 27.8. The average molecular weight is 239 g/mol. The van der Waals surface area contributed by atoms with E-state index in [-0.39, 0.29) is 6.10 Å². The standard InChI is InChI=1S/C14H25NO2/c1-11(2)15-7-8-17-14(10-15)13(16)9-12-5-3-4-6-12/h11-12,14H,3-10H2,1-2H3. The predicted octanol–water partition coefficient (Wildman–Crippen LogP) is 2.25. The fourth-order valence-corrected chi connectivity index (χ4v) is 2.96. The summed E-state index contributed by atoms with van der Waals surface area (Å²) in [5, 5.41) is 0. The summed E-state index contributed by atoms with van der Waals surface area (Å²) in [5.41, 5.74) is 0. The fourth-order valence-electron chi connectivity index (χ4n) is 2.96. The van der Waals surface area contributed by atoms with Crippen molar-refractivity contribution >= 4 is 5.78 Å². The van der Waals surface area contributed by atoms with Crippen LogP contribution in [0.2, 0.25) is 0 Å². The van der Waals surface area contributed by atoms with Gasteiger partial charge in [0.1, 0.15) is 6.10 Å². The van der Waals surface area contributed by atoms with Gasteiger partial charge >= 0.3 is 0 Å². The Hall–Kier alpha value is -0.410. The van der Waals surface area contributed by atoms with Crippen molar-refractivity contribution in [2.24, 2.45) is 5.92 Å². The van der Waals surface area contributed by atoms with Crippen LogP contribution in [0.1, 0.15) is 46.0 Å². The van der Waals surface area contributed by atoms with Crippen molar-refractivity contribution in [3.63, 3.8) is 0 Å². The lowest BCUT2D eigenvalue weighted by Crippen LogP contribution is -2.48. The summed E-state index contributed by atoms with van der Waals surface area (Å²) in [5.74, 6) is 0.975. The molecule has 0 amide bonds. The number of carbonyl (C=O) groups is 1. The third kappa shape index (κ3) is 3.52. The summed E-state index contributed by atoms with van der Waals surface area (Å²) in [6.45, 7) is 6.83. The molecule has 1 heterocycles. The molecule has 0 N–H and O–H groups in total. The summed E-state index contributed by atoms with van der Waals surface area (Å²) in [7, 11) is 0. The van der Waals surface area contributed by atoms with Gasteiger partial charge in [-0.3, -0.25) is 9.69 Å². The van der Waals surface area contributed by atoms with E-state index in [1.54, 1.807) is 0 Å². The molecule has 1 aliphatic heterocycles. The van der Waals surface area contributed by atoms with Crippen molar-refractivity contribution in [1.29, 1.82) is 0 Å². The molecule has 1 saturated heterocycles. The first-order valence-electron chi connectivity index (χ1n) is 7.05. The molecule has 1 unspecified atom stereocenters. The molecule has 0 aromatic carbocycles. The third-order valence-electron chi connectivity index (χ3n) is 4.15. The van der Waals surface area contributed by atoms with Crippen LogP contribution >= 0.6 is 0 Å². The van der Waals surface area contributed by atoms with E-state index in [2.05, 4.69) is 18.7 Å². The minimum Gasteiger partial charge on any atom is -0.368 e. The van der Waals surface area contributed by atoms with Crippen molar-refractivity contribution in [1.82, 2.24) is 4.90 Å². The second-order valence-electron chi connectivity index (χ2n) is 5.77. The van der Waals surface area contributed by atoms with Gasteiger partial charge in [0.25, 0.3) is 0 Å². The molecule has 0 aromatic rings. The van der Waals surface area contributed by atoms with E-state index in [1.807, 2.05) is 0 Å². The number of hydrogen-bond acceptors (Lipinski definition) is 3.